The minimum atomic E-state index is -0.834. The lowest BCUT2D eigenvalue weighted by molar-refractivity contribution is -0.138. The van der Waals surface area contributed by atoms with Gasteiger partial charge in [-0.1, -0.05) is 13.8 Å². The van der Waals surface area contributed by atoms with Crippen molar-refractivity contribution in [3.63, 3.8) is 0 Å². The Morgan fingerprint density at radius 3 is 2.48 bits per heavy atom. The standard InChI is InChI=1S/C15H23N3O3/c1-11(2)7-13(8-14(19)20)10-18-15(21)17-9-12-3-5-16-6-4-12/h3-6,11,13H,7-10H2,1-2H3,(H,19,20)(H2,17,18,21)/t13-/m0/s1. The van der Waals surface area contributed by atoms with E-state index >= 15 is 0 Å². The molecule has 0 aliphatic rings. The van der Waals surface area contributed by atoms with Crippen LogP contribution in [0.1, 0.15) is 32.3 Å². The van der Waals surface area contributed by atoms with Crippen LogP contribution in [0.3, 0.4) is 0 Å². The van der Waals surface area contributed by atoms with Crippen molar-refractivity contribution >= 4 is 12.0 Å². The molecular weight excluding hydrogens is 270 g/mol. The molecule has 0 bridgehead atoms. The Bertz CT molecular complexity index is 449. The number of nitrogens with zero attached hydrogens (tertiary/aromatic N) is 1. The van der Waals surface area contributed by atoms with Crippen molar-refractivity contribution in [2.24, 2.45) is 11.8 Å². The van der Waals surface area contributed by atoms with E-state index in [0.717, 1.165) is 12.0 Å². The van der Waals surface area contributed by atoms with E-state index in [9.17, 15) is 9.59 Å². The summed E-state index contributed by atoms with van der Waals surface area (Å²) >= 11 is 0. The van der Waals surface area contributed by atoms with Crippen molar-refractivity contribution in [2.75, 3.05) is 6.54 Å². The van der Waals surface area contributed by atoms with Crippen molar-refractivity contribution in [2.45, 2.75) is 33.2 Å². The monoisotopic (exact) mass is 293 g/mol. The number of carbonyl (C=O) groups is 2. The van der Waals surface area contributed by atoms with Crippen molar-refractivity contribution in [1.29, 1.82) is 0 Å². The number of carboxylic acids is 1. The van der Waals surface area contributed by atoms with E-state index in [1.807, 2.05) is 26.0 Å². The lowest BCUT2D eigenvalue weighted by Gasteiger charge is -2.18. The second-order valence-corrected chi connectivity index (χ2v) is 5.51. The molecule has 0 fully saturated rings. The van der Waals surface area contributed by atoms with Gasteiger partial charge in [-0.3, -0.25) is 9.78 Å². The number of nitrogens with one attached hydrogen (secondary N) is 2. The van der Waals surface area contributed by atoms with Gasteiger partial charge in [0.1, 0.15) is 0 Å². The summed E-state index contributed by atoms with van der Waals surface area (Å²) in [4.78, 5) is 26.4. The van der Waals surface area contributed by atoms with E-state index in [1.54, 1.807) is 12.4 Å². The van der Waals surface area contributed by atoms with E-state index in [4.69, 9.17) is 5.11 Å². The highest BCUT2D eigenvalue weighted by atomic mass is 16.4. The van der Waals surface area contributed by atoms with Crippen LogP contribution < -0.4 is 10.6 Å². The third-order valence-electron chi connectivity index (χ3n) is 3.02. The number of urea groups is 1. The number of amides is 2. The Labute approximate surface area is 125 Å². The van der Waals surface area contributed by atoms with Gasteiger partial charge in [-0.05, 0) is 36.0 Å². The fourth-order valence-electron chi connectivity index (χ4n) is 2.13. The molecule has 0 aliphatic heterocycles. The number of aliphatic carboxylic acids is 1. The zero-order valence-electron chi connectivity index (χ0n) is 12.5. The van der Waals surface area contributed by atoms with Crippen LogP contribution in [0.2, 0.25) is 0 Å². The highest BCUT2D eigenvalue weighted by Gasteiger charge is 2.15. The maximum Gasteiger partial charge on any atom is 0.315 e. The minimum Gasteiger partial charge on any atom is -0.481 e. The Morgan fingerprint density at radius 2 is 1.90 bits per heavy atom. The molecule has 0 saturated carbocycles. The van der Waals surface area contributed by atoms with Crippen LogP contribution >= 0.6 is 0 Å². The number of hydrogen-bond donors (Lipinski definition) is 3. The zero-order chi connectivity index (χ0) is 15.7. The third-order valence-corrected chi connectivity index (χ3v) is 3.02. The highest BCUT2D eigenvalue weighted by Crippen LogP contribution is 2.14. The van der Waals surface area contributed by atoms with Gasteiger partial charge in [0.05, 0.1) is 0 Å². The molecule has 0 radical (unpaired) electrons. The largest absolute Gasteiger partial charge is 0.481 e. The molecule has 1 atom stereocenters. The van der Waals surface area contributed by atoms with Crippen LogP contribution in [0.5, 0.6) is 0 Å². The Hall–Kier alpha value is -2.11. The molecule has 1 rings (SSSR count). The highest BCUT2D eigenvalue weighted by molar-refractivity contribution is 5.74. The van der Waals surface area contributed by atoms with Gasteiger partial charge in [-0.25, -0.2) is 4.79 Å². The smallest absolute Gasteiger partial charge is 0.315 e. The summed E-state index contributed by atoms with van der Waals surface area (Å²) < 4.78 is 0. The Kier molecular flexibility index (Phi) is 7.21. The fourth-order valence-corrected chi connectivity index (χ4v) is 2.13. The molecule has 2 amide bonds. The molecular formula is C15H23N3O3. The quantitative estimate of drug-likeness (QED) is 0.684. The first-order valence-electron chi connectivity index (χ1n) is 7.09. The van der Waals surface area contributed by atoms with E-state index in [0.29, 0.717) is 19.0 Å². The summed E-state index contributed by atoms with van der Waals surface area (Å²) in [6, 6.07) is 3.37. The minimum absolute atomic E-state index is 0.0471. The second kappa shape index (κ2) is 8.94. The molecule has 6 nitrogen and oxygen atoms in total. The summed E-state index contributed by atoms with van der Waals surface area (Å²) in [6.07, 6.45) is 4.18. The average Bonchev–Trinajstić information content (AvgIpc) is 2.42. The first-order chi connectivity index (χ1) is 9.97. The molecule has 0 unspecified atom stereocenters. The van der Waals surface area contributed by atoms with Gasteiger partial charge in [0.25, 0.3) is 0 Å². The van der Waals surface area contributed by atoms with E-state index in [-0.39, 0.29) is 18.4 Å². The Balaban J connectivity index is 2.33. The van der Waals surface area contributed by atoms with E-state index in [1.165, 1.54) is 0 Å². The van der Waals surface area contributed by atoms with Crippen molar-refractivity contribution in [3.8, 4) is 0 Å². The van der Waals surface area contributed by atoms with Crippen LogP contribution in [0, 0.1) is 11.8 Å². The van der Waals surface area contributed by atoms with Crippen LogP contribution in [0.25, 0.3) is 0 Å². The molecule has 0 saturated heterocycles. The van der Waals surface area contributed by atoms with Crippen LogP contribution in [0.15, 0.2) is 24.5 Å². The molecule has 6 heteroatoms. The molecule has 1 aromatic rings. The molecule has 1 heterocycles. The summed E-state index contributed by atoms with van der Waals surface area (Å²) in [5.41, 5.74) is 0.962. The summed E-state index contributed by atoms with van der Waals surface area (Å²) in [5, 5.41) is 14.4. The van der Waals surface area contributed by atoms with Crippen molar-refractivity contribution in [1.82, 2.24) is 15.6 Å². The van der Waals surface area contributed by atoms with Crippen LogP contribution in [-0.2, 0) is 11.3 Å². The van der Waals surface area contributed by atoms with Crippen LogP contribution in [0.4, 0.5) is 4.79 Å². The Morgan fingerprint density at radius 1 is 1.24 bits per heavy atom. The number of carbonyl (C=O) groups excluding carboxylic acids is 1. The van der Waals surface area contributed by atoms with Crippen molar-refractivity contribution in [3.05, 3.63) is 30.1 Å². The van der Waals surface area contributed by atoms with Gasteiger partial charge in [-0.2, -0.15) is 0 Å². The van der Waals surface area contributed by atoms with E-state index < -0.39 is 5.97 Å². The molecule has 21 heavy (non-hydrogen) atoms. The molecule has 0 spiro atoms. The van der Waals surface area contributed by atoms with Gasteiger partial charge < -0.3 is 15.7 Å². The topological polar surface area (TPSA) is 91.3 Å². The summed E-state index contributed by atoms with van der Waals surface area (Å²) in [6.45, 7) is 4.87. The van der Waals surface area contributed by atoms with Gasteiger partial charge in [-0.15, -0.1) is 0 Å². The number of pyridine rings is 1. The molecule has 3 N–H and O–H groups in total. The first-order valence-corrected chi connectivity index (χ1v) is 7.09. The molecule has 0 aromatic carbocycles. The maximum atomic E-state index is 11.7. The average molecular weight is 293 g/mol. The normalized spacial score (nSPS) is 12.0. The number of aromatic nitrogens is 1. The predicted octanol–water partition coefficient (Wildman–Crippen LogP) is 2.02. The fraction of sp³-hybridized carbons (Fsp3) is 0.533. The molecule has 1 aromatic heterocycles. The summed E-state index contributed by atoms with van der Waals surface area (Å²) in [7, 11) is 0. The lowest BCUT2D eigenvalue weighted by Crippen LogP contribution is -2.38. The zero-order valence-corrected chi connectivity index (χ0v) is 12.5. The summed E-state index contributed by atoms with van der Waals surface area (Å²) in [5.74, 6) is -0.482. The van der Waals surface area contributed by atoms with E-state index in [2.05, 4.69) is 15.6 Å². The van der Waals surface area contributed by atoms with Crippen LogP contribution in [-0.4, -0.2) is 28.6 Å². The van der Waals surface area contributed by atoms with Gasteiger partial charge in [0.2, 0.25) is 0 Å². The van der Waals surface area contributed by atoms with Gasteiger partial charge in [0, 0.05) is 31.9 Å². The van der Waals surface area contributed by atoms with Gasteiger partial charge >= 0.3 is 12.0 Å². The molecule has 116 valence electrons. The SMILES string of the molecule is CC(C)C[C@H](CNC(=O)NCc1ccncc1)CC(=O)O. The number of rotatable bonds is 8. The maximum absolute atomic E-state index is 11.7. The predicted molar refractivity (Wildman–Crippen MR) is 79.7 cm³/mol. The third kappa shape index (κ3) is 7.91. The van der Waals surface area contributed by atoms with Crippen molar-refractivity contribution < 1.29 is 14.7 Å². The van der Waals surface area contributed by atoms with Gasteiger partial charge in [0.15, 0.2) is 0 Å². The first kappa shape index (κ1) is 16.9. The lowest BCUT2D eigenvalue weighted by atomic mass is 9.94. The molecule has 0 aliphatic carbocycles. The number of hydrogen-bond acceptors (Lipinski definition) is 3. The second-order valence-electron chi connectivity index (χ2n) is 5.51. The number of carboxylic acid groups (broad SMARTS) is 1.